The highest BCUT2D eigenvalue weighted by Crippen LogP contribution is 2.36. The minimum Gasteiger partial charge on any atom is -0.389 e. The summed E-state index contributed by atoms with van der Waals surface area (Å²) in [5, 5.41) is 13.8. The van der Waals surface area contributed by atoms with Crippen molar-refractivity contribution in [3.05, 3.63) is 16.6 Å². The molecule has 0 aromatic carbocycles. The van der Waals surface area contributed by atoms with E-state index in [0.29, 0.717) is 5.25 Å². The zero-order chi connectivity index (χ0) is 9.31. The third-order valence-electron chi connectivity index (χ3n) is 2.27. The molecule has 1 N–H and O–H groups in total. The van der Waals surface area contributed by atoms with Crippen molar-refractivity contribution >= 4 is 23.1 Å². The fourth-order valence-corrected chi connectivity index (χ4v) is 3.69. The van der Waals surface area contributed by atoms with Gasteiger partial charge in [-0.25, -0.2) is 4.98 Å². The average Bonchev–Trinajstić information content (AvgIpc) is 2.62. The van der Waals surface area contributed by atoms with E-state index in [-0.39, 0.29) is 0 Å². The summed E-state index contributed by atoms with van der Waals surface area (Å²) in [6.45, 7) is 2.17. The van der Waals surface area contributed by atoms with Crippen LogP contribution in [0.25, 0.3) is 0 Å². The smallest absolute Gasteiger partial charge is 0.0953 e. The number of rotatable bonds is 2. The molecule has 1 fully saturated rings. The van der Waals surface area contributed by atoms with E-state index in [2.05, 4.69) is 11.9 Å². The minimum absolute atomic E-state index is 0.498. The summed E-state index contributed by atoms with van der Waals surface area (Å²) in [7, 11) is 0. The number of thiazole rings is 1. The van der Waals surface area contributed by atoms with Crippen molar-refractivity contribution in [1.29, 1.82) is 0 Å². The molecule has 0 amide bonds. The van der Waals surface area contributed by atoms with Crippen molar-refractivity contribution in [1.82, 2.24) is 4.98 Å². The van der Waals surface area contributed by atoms with Crippen LogP contribution in [-0.2, 0) is 6.42 Å². The molecule has 0 bridgehead atoms. The SMILES string of the molecule is CC1CC(O)(Cc2nccs2)CS1. The van der Waals surface area contributed by atoms with Crippen LogP contribution in [0.3, 0.4) is 0 Å². The van der Waals surface area contributed by atoms with Crippen LogP contribution >= 0.6 is 23.1 Å². The lowest BCUT2D eigenvalue weighted by Gasteiger charge is -2.19. The lowest BCUT2D eigenvalue weighted by Crippen LogP contribution is -2.31. The fraction of sp³-hybridized carbons (Fsp3) is 0.667. The zero-order valence-electron chi connectivity index (χ0n) is 7.56. The van der Waals surface area contributed by atoms with Crippen LogP contribution in [0, 0.1) is 0 Å². The molecular weight excluding hydrogens is 202 g/mol. The van der Waals surface area contributed by atoms with Gasteiger partial charge in [0.1, 0.15) is 0 Å². The number of hydrogen-bond donors (Lipinski definition) is 1. The normalized spacial score (nSPS) is 33.8. The first-order valence-electron chi connectivity index (χ1n) is 4.40. The van der Waals surface area contributed by atoms with Gasteiger partial charge in [0.05, 0.1) is 10.6 Å². The van der Waals surface area contributed by atoms with Gasteiger partial charge in [0, 0.05) is 29.0 Å². The molecule has 0 saturated carbocycles. The van der Waals surface area contributed by atoms with E-state index in [1.165, 1.54) is 0 Å². The highest BCUT2D eigenvalue weighted by Gasteiger charge is 2.36. The molecule has 0 radical (unpaired) electrons. The molecule has 2 rings (SSSR count). The van der Waals surface area contributed by atoms with Gasteiger partial charge in [-0.1, -0.05) is 6.92 Å². The van der Waals surface area contributed by atoms with Gasteiger partial charge in [-0.2, -0.15) is 11.8 Å². The van der Waals surface area contributed by atoms with Crippen LogP contribution in [-0.4, -0.2) is 26.7 Å². The summed E-state index contributed by atoms with van der Waals surface area (Å²) < 4.78 is 0. The molecule has 2 unspecified atom stereocenters. The van der Waals surface area contributed by atoms with Crippen LogP contribution in [0.15, 0.2) is 11.6 Å². The maximum absolute atomic E-state index is 10.2. The molecule has 72 valence electrons. The van der Waals surface area contributed by atoms with Crippen LogP contribution in [0.2, 0.25) is 0 Å². The van der Waals surface area contributed by atoms with E-state index in [1.807, 2.05) is 17.1 Å². The maximum Gasteiger partial charge on any atom is 0.0953 e. The van der Waals surface area contributed by atoms with Crippen molar-refractivity contribution in [3.63, 3.8) is 0 Å². The molecule has 0 aliphatic carbocycles. The summed E-state index contributed by atoms with van der Waals surface area (Å²) >= 11 is 3.48. The fourth-order valence-electron chi connectivity index (χ4n) is 1.70. The minimum atomic E-state index is -0.498. The second-order valence-corrected chi connectivity index (χ2v) is 6.06. The summed E-state index contributed by atoms with van der Waals surface area (Å²) in [6.07, 6.45) is 3.42. The van der Waals surface area contributed by atoms with Crippen molar-refractivity contribution < 1.29 is 5.11 Å². The number of nitrogens with zero attached hydrogens (tertiary/aromatic N) is 1. The van der Waals surface area contributed by atoms with Crippen LogP contribution < -0.4 is 0 Å². The van der Waals surface area contributed by atoms with E-state index in [4.69, 9.17) is 0 Å². The number of aliphatic hydroxyl groups is 1. The molecule has 1 aliphatic rings. The molecule has 1 aromatic heterocycles. The predicted octanol–water partition coefficient (Wildman–Crippen LogP) is 1.94. The van der Waals surface area contributed by atoms with Crippen molar-refractivity contribution in [2.75, 3.05) is 5.75 Å². The second kappa shape index (κ2) is 3.59. The van der Waals surface area contributed by atoms with E-state index >= 15 is 0 Å². The number of hydrogen-bond acceptors (Lipinski definition) is 4. The molecule has 1 saturated heterocycles. The van der Waals surface area contributed by atoms with Gasteiger partial charge in [-0.05, 0) is 6.42 Å². The molecule has 1 aliphatic heterocycles. The molecule has 2 heterocycles. The summed E-state index contributed by atoms with van der Waals surface area (Å²) in [5.41, 5.74) is -0.498. The largest absolute Gasteiger partial charge is 0.389 e. The Morgan fingerprint density at radius 2 is 2.62 bits per heavy atom. The van der Waals surface area contributed by atoms with Crippen LogP contribution in [0.4, 0.5) is 0 Å². The zero-order valence-corrected chi connectivity index (χ0v) is 9.20. The van der Waals surface area contributed by atoms with Crippen LogP contribution in [0.1, 0.15) is 18.4 Å². The number of aromatic nitrogens is 1. The van der Waals surface area contributed by atoms with Crippen molar-refractivity contribution in [2.45, 2.75) is 30.6 Å². The van der Waals surface area contributed by atoms with Gasteiger partial charge in [0.2, 0.25) is 0 Å². The van der Waals surface area contributed by atoms with Gasteiger partial charge >= 0.3 is 0 Å². The quantitative estimate of drug-likeness (QED) is 0.818. The molecule has 4 heteroatoms. The van der Waals surface area contributed by atoms with Gasteiger partial charge in [-0.15, -0.1) is 11.3 Å². The highest BCUT2D eigenvalue weighted by molar-refractivity contribution is 8.00. The van der Waals surface area contributed by atoms with Crippen molar-refractivity contribution in [3.8, 4) is 0 Å². The molecule has 0 spiro atoms. The lowest BCUT2D eigenvalue weighted by atomic mass is 9.97. The Labute approximate surface area is 86.4 Å². The average molecular weight is 215 g/mol. The Balaban J connectivity index is 2.01. The topological polar surface area (TPSA) is 33.1 Å². The Hall–Kier alpha value is -0.0600. The first-order chi connectivity index (χ1) is 6.18. The summed E-state index contributed by atoms with van der Waals surface area (Å²) in [6, 6.07) is 0. The predicted molar refractivity (Wildman–Crippen MR) is 57.3 cm³/mol. The van der Waals surface area contributed by atoms with Gasteiger partial charge in [0.15, 0.2) is 0 Å². The molecule has 2 nitrogen and oxygen atoms in total. The van der Waals surface area contributed by atoms with Crippen molar-refractivity contribution in [2.24, 2.45) is 0 Å². The monoisotopic (exact) mass is 215 g/mol. The van der Waals surface area contributed by atoms with E-state index in [1.54, 1.807) is 17.5 Å². The van der Waals surface area contributed by atoms with E-state index in [0.717, 1.165) is 23.6 Å². The van der Waals surface area contributed by atoms with E-state index < -0.39 is 5.60 Å². The molecule has 1 aromatic rings. The van der Waals surface area contributed by atoms with E-state index in [9.17, 15) is 5.11 Å². The Morgan fingerprint density at radius 3 is 3.15 bits per heavy atom. The summed E-state index contributed by atoms with van der Waals surface area (Å²) in [5.74, 6) is 0.855. The van der Waals surface area contributed by atoms with Gasteiger partial charge in [0.25, 0.3) is 0 Å². The third-order valence-corrected chi connectivity index (χ3v) is 4.49. The first kappa shape index (κ1) is 9.49. The van der Waals surface area contributed by atoms with Gasteiger partial charge in [-0.3, -0.25) is 0 Å². The second-order valence-electron chi connectivity index (χ2n) is 3.65. The first-order valence-corrected chi connectivity index (χ1v) is 6.33. The number of thioether (sulfide) groups is 1. The van der Waals surface area contributed by atoms with Crippen LogP contribution in [0.5, 0.6) is 0 Å². The Bertz CT molecular complexity index is 275. The molecule has 13 heavy (non-hydrogen) atoms. The van der Waals surface area contributed by atoms with Gasteiger partial charge < -0.3 is 5.11 Å². The Kier molecular flexibility index (Phi) is 2.62. The molecule has 2 atom stereocenters. The lowest BCUT2D eigenvalue weighted by molar-refractivity contribution is 0.0642. The third kappa shape index (κ3) is 2.24. The summed E-state index contributed by atoms with van der Waals surface area (Å²) in [4.78, 5) is 4.20. The molecular formula is C9H13NOS2. The Morgan fingerprint density at radius 1 is 1.77 bits per heavy atom. The standard InChI is InChI=1S/C9H13NOS2/c1-7-4-9(11,6-13-7)5-8-10-2-3-12-8/h2-3,7,11H,4-6H2,1H3. The maximum atomic E-state index is 10.2. The highest BCUT2D eigenvalue weighted by atomic mass is 32.2.